The lowest BCUT2D eigenvalue weighted by Crippen LogP contribution is -2.18. The number of halogens is 1. The van der Waals surface area contributed by atoms with Crippen LogP contribution in [0.25, 0.3) is 0 Å². The van der Waals surface area contributed by atoms with Gasteiger partial charge in [-0.3, -0.25) is 14.4 Å². The Kier molecular flexibility index (Phi) is 6.69. The average molecular weight is 429 g/mol. The van der Waals surface area contributed by atoms with Gasteiger partial charge in [0.1, 0.15) is 0 Å². The van der Waals surface area contributed by atoms with Gasteiger partial charge in [-0.25, -0.2) is 4.98 Å². The number of hydrogen-bond donors (Lipinski definition) is 3. The Bertz CT molecular complexity index is 1100. The summed E-state index contributed by atoms with van der Waals surface area (Å²) in [6.45, 7) is 0. The number of thioether (sulfide) groups is 1. The molecule has 0 aliphatic carbocycles. The fourth-order valence-corrected chi connectivity index (χ4v) is 3.56. The van der Waals surface area contributed by atoms with Crippen molar-refractivity contribution >= 4 is 40.9 Å². The van der Waals surface area contributed by atoms with Crippen molar-refractivity contribution in [2.75, 3.05) is 5.32 Å². The van der Waals surface area contributed by atoms with Crippen molar-refractivity contribution in [1.82, 2.24) is 9.97 Å². The molecule has 4 N–H and O–H groups in total. The maximum atomic E-state index is 12.3. The van der Waals surface area contributed by atoms with Crippen LogP contribution in [0.1, 0.15) is 21.6 Å². The van der Waals surface area contributed by atoms with Crippen LogP contribution < -0.4 is 16.6 Å². The summed E-state index contributed by atoms with van der Waals surface area (Å²) in [5, 5.41) is 3.75. The molecule has 0 bridgehead atoms. The minimum Gasteiger partial charge on any atom is -0.366 e. The average Bonchev–Trinajstić information content (AvgIpc) is 2.66. The highest BCUT2D eigenvalue weighted by atomic mass is 35.5. The van der Waals surface area contributed by atoms with Crippen LogP contribution in [0.2, 0.25) is 5.02 Å². The van der Waals surface area contributed by atoms with Crippen LogP contribution in [0, 0.1) is 0 Å². The smallest absolute Gasteiger partial charge is 0.251 e. The van der Waals surface area contributed by atoms with Gasteiger partial charge in [-0.05, 0) is 42.0 Å². The van der Waals surface area contributed by atoms with E-state index in [1.54, 1.807) is 18.2 Å². The van der Waals surface area contributed by atoms with Gasteiger partial charge in [-0.15, -0.1) is 0 Å². The number of aromatic nitrogens is 2. The number of carbonyl (C=O) groups excluding carboxylic acids is 2. The SMILES string of the molecule is NC(=O)c1ccc(NC(=O)Cc2cc(=O)[nH]c(SCc3cccc(Cl)c3)n2)cc1. The first-order chi connectivity index (χ1) is 13.9. The van der Waals surface area contributed by atoms with Gasteiger partial charge in [-0.1, -0.05) is 35.5 Å². The normalized spacial score (nSPS) is 10.5. The van der Waals surface area contributed by atoms with Crippen LogP contribution in [0.5, 0.6) is 0 Å². The number of benzene rings is 2. The molecule has 0 saturated heterocycles. The fraction of sp³-hybridized carbons (Fsp3) is 0.100. The van der Waals surface area contributed by atoms with E-state index in [0.29, 0.717) is 32.9 Å². The molecule has 1 aromatic heterocycles. The highest BCUT2D eigenvalue weighted by Crippen LogP contribution is 2.20. The first-order valence-corrected chi connectivity index (χ1v) is 9.92. The molecule has 1 heterocycles. The summed E-state index contributed by atoms with van der Waals surface area (Å²) >= 11 is 7.32. The molecule has 2 aromatic carbocycles. The van der Waals surface area contributed by atoms with Gasteiger partial charge in [0.25, 0.3) is 5.56 Å². The van der Waals surface area contributed by atoms with E-state index in [9.17, 15) is 14.4 Å². The quantitative estimate of drug-likeness (QED) is 0.395. The second-order valence-corrected chi connectivity index (χ2v) is 7.53. The van der Waals surface area contributed by atoms with Gasteiger partial charge in [0.15, 0.2) is 5.16 Å². The van der Waals surface area contributed by atoms with E-state index in [4.69, 9.17) is 17.3 Å². The number of H-pyrrole nitrogens is 1. The first kappa shape index (κ1) is 20.6. The summed E-state index contributed by atoms with van der Waals surface area (Å²) in [6.07, 6.45) is -0.0633. The molecule has 148 valence electrons. The lowest BCUT2D eigenvalue weighted by molar-refractivity contribution is -0.115. The first-order valence-electron chi connectivity index (χ1n) is 8.56. The summed E-state index contributed by atoms with van der Waals surface area (Å²) in [6, 6.07) is 14.9. The van der Waals surface area contributed by atoms with Crippen LogP contribution in [0.15, 0.2) is 64.5 Å². The minimum atomic E-state index is -0.543. The molecular weight excluding hydrogens is 412 g/mol. The number of anilines is 1. The predicted molar refractivity (Wildman–Crippen MR) is 113 cm³/mol. The number of rotatable bonds is 7. The summed E-state index contributed by atoms with van der Waals surface area (Å²) in [5.74, 6) is -0.301. The Morgan fingerprint density at radius 2 is 1.90 bits per heavy atom. The van der Waals surface area contributed by atoms with Gasteiger partial charge in [0, 0.05) is 28.1 Å². The second-order valence-electron chi connectivity index (χ2n) is 6.13. The van der Waals surface area contributed by atoms with Gasteiger partial charge in [0.2, 0.25) is 11.8 Å². The van der Waals surface area contributed by atoms with E-state index in [0.717, 1.165) is 5.56 Å². The van der Waals surface area contributed by atoms with Crippen LogP contribution in [-0.2, 0) is 17.0 Å². The number of hydrogen-bond acceptors (Lipinski definition) is 5. The monoisotopic (exact) mass is 428 g/mol. The Morgan fingerprint density at radius 3 is 2.59 bits per heavy atom. The van der Waals surface area contributed by atoms with Gasteiger partial charge >= 0.3 is 0 Å². The zero-order chi connectivity index (χ0) is 20.8. The maximum Gasteiger partial charge on any atom is 0.251 e. The summed E-state index contributed by atoms with van der Waals surface area (Å²) in [5.41, 5.74) is 7.07. The van der Waals surface area contributed by atoms with Crippen LogP contribution >= 0.6 is 23.4 Å². The largest absolute Gasteiger partial charge is 0.366 e. The molecule has 0 aliphatic rings. The highest BCUT2D eigenvalue weighted by Gasteiger charge is 2.09. The molecule has 3 rings (SSSR count). The molecule has 0 unspecified atom stereocenters. The van der Waals surface area contributed by atoms with Crippen molar-refractivity contribution in [3.63, 3.8) is 0 Å². The minimum absolute atomic E-state index is 0.0633. The van der Waals surface area contributed by atoms with E-state index >= 15 is 0 Å². The summed E-state index contributed by atoms with van der Waals surface area (Å²) < 4.78 is 0. The lowest BCUT2D eigenvalue weighted by atomic mass is 10.2. The molecule has 0 aliphatic heterocycles. The maximum absolute atomic E-state index is 12.3. The molecule has 0 fully saturated rings. The van der Waals surface area contributed by atoms with Gasteiger partial charge in [0.05, 0.1) is 12.1 Å². The van der Waals surface area contributed by atoms with E-state index in [-0.39, 0.29) is 17.9 Å². The topological polar surface area (TPSA) is 118 Å². The lowest BCUT2D eigenvalue weighted by Gasteiger charge is -2.07. The Morgan fingerprint density at radius 1 is 1.14 bits per heavy atom. The molecule has 0 atom stereocenters. The second kappa shape index (κ2) is 9.40. The summed E-state index contributed by atoms with van der Waals surface area (Å²) in [7, 11) is 0. The summed E-state index contributed by atoms with van der Waals surface area (Å²) in [4.78, 5) is 42.3. The molecule has 3 aromatic rings. The number of nitrogens with zero attached hydrogens (tertiary/aromatic N) is 1. The van der Waals surface area contributed by atoms with E-state index in [1.165, 1.54) is 30.0 Å². The van der Waals surface area contributed by atoms with Crippen LogP contribution in [0.3, 0.4) is 0 Å². The molecule has 0 saturated carbocycles. The molecule has 29 heavy (non-hydrogen) atoms. The van der Waals surface area contributed by atoms with Crippen molar-refractivity contribution in [2.24, 2.45) is 5.73 Å². The van der Waals surface area contributed by atoms with Crippen molar-refractivity contribution in [3.8, 4) is 0 Å². The van der Waals surface area contributed by atoms with Crippen molar-refractivity contribution < 1.29 is 9.59 Å². The molecule has 0 spiro atoms. The van der Waals surface area contributed by atoms with Crippen LogP contribution in [0.4, 0.5) is 5.69 Å². The number of aromatic amines is 1. The molecule has 2 amide bonds. The van der Waals surface area contributed by atoms with Crippen LogP contribution in [-0.4, -0.2) is 21.8 Å². The van der Waals surface area contributed by atoms with Crippen molar-refractivity contribution in [3.05, 3.63) is 86.8 Å². The highest BCUT2D eigenvalue weighted by molar-refractivity contribution is 7.98. The third-order valence-corrected chi connectivity index (χ3v) is 5.01. The molecule has 9 heteroatoms. The standard InChI is InChI=1S/C20H17ClN4O3S/c21-14-3-1-2-12(8-14)11-29-20-24-16(10-18(27)25-20)9-17(26)23-15-6-4-13(5-7-15)19(22)28/h1-8,10H,9,11H2,(H2,22,28)(H,23,26)(H,24,25,27). The van der Waals surface area contributed by atoms with E-state index < -0.39 is 5.91 Å². The number of amides is 2. The predicted octanol–water partition coefficient (Wildman–Crippen LogP) is 3.00. The third kappa shape index (κ3) is 6.20. The Hall–Kier alpha value is -3.10. The molecular formula is C20H17ClN4O3S. The Labute approximate surface area is 175 Å². The van der Waals surface area contributed by atoms with Gasteiger partial charge < -0.3 is 16.0 Å². The fourth-order valence-electron chi connectivity index (χ4n) is 2.51. The van der Waals surface area contributed by atoms with Crippen molar-refractivity contribution in [2.45, 2.75) is 17.3 Å². The number of carbonyl (C=O) groups is 2. The van der Waals surface area contributed by atoms with E-state index in [1.807, 2.05) is 18.2 Å². The zero-order valence-corrected chi connectivity index (χ0v) is 16.7. The van der Waals surface area contributed by atoms with Gasteiger partial charge in [-0.2, -0.15) is 0 Å². The molecule has 7 nitrogen and oxygen atoms in total. The van der Waals surface area contributed by atoms with Crippen molar-refractivity contribution in [1.29, 1.82) is 0 Å². The zero-order valence-electron chi connectivity index (χ0n) is 15.1. The third-order valence-electron chi connectivity index (χ3n) is 3.83. The molecule has 0 radical (unpaired) electrons. The van der Waals surface area contributed by atoms with E-state index in [2.05, 4.69) is 15.3 Å². The number of nitrogens with two attached hydrogens (primary N) is 1. The number of nitrogens with one attached hydrogen (secondary N) is 2. The Balaban J connectivity index is 1.63. The number of primary amides is 1.